The smallest absolute Gasteiger partial charge is 0.00990 e. The minimum atomic E-state index is 1.18. The van der Waals surface area contributed by atoms with E-state index < -0.39 is 0 Å². The van der Waals surface area contributed by atoms with Gasteiger partial charge in [0.25, 0.3) is 0 Å². The Bertz CT molecular complexity index is 336. The molecule has 0 atom stereocenters. The fraction of sp³-hybridized carbons (Fsp3) is 0.786. The van der Waals surface area contributed by atoms with Gasteiger partial charge in [-0.3, -0.25) is 0 Å². The number of rotatable bonds is 23. The van der Waals surface area contributed by atoms with E-state index in [1.165, 1.54) is 141 Å². The molecule has 2 radical (unpaired) electrons. The van der Waals surface area contributed by atoms with Crippen molar-refractivity contribution in [2.24, 2.45) is 0 Å². The van der Waals surface area contributed by atoms with Gasteiger partial charge in [-0.05, 0) is 19.4 Å². The van der Waals surface area contributed by atoms with Crippen LogP contribution in [0.3, 0.4) is 0 Å². The first kappa shape index (κ1) is 27.2. The van der Waals surface area contributed by atoms with Gasteiger partial charge in [-0.25, -0.2) is 0 Å². The minimum absolute atomic E-state index is 1.18. The van der Waals surface area contributed by atoms with Gasteiger partial charge in [0.2, 0.25) is 0 Å². The lowest BCUT2D eigenvalue weighted by molar-refractivity contribution is 0.522. The third-order valence-electron chi connectivity index (χ3n) is 5.68. The molecule has 0 spiro atoms. The molecule has 0 rings (SSSR count). The van der Waals surface area contributed by atoms with E-state index in [2.05, 4.69) is 19.1 Å². The molecule has 0 aromatic heterocycles. The van der Waals surface area contributed by atoms with Crippen LogP contribution in [0.25, 0.3) is 0 Å². The van der Waals surface area contributed by atoms with Crippen LogP contribution in [0, 0.1) is 6.58 Å². The fourth-order valence-corrected chi connectivity index (χ4v) is 3.81. The van der Waals surface area contributed by atoms with Gasteiger partial charge in [0.15, 0.2) is 0 Å². The van der Waals surface area contributed by atoms with Crippen LogP contribution in [0.15, 0.2) is 30.4 Å². The molecule has 0 heteroatoms. The van der Waals surface area contributed by atoms with Crippen LogP contribution >= 0.6 is 0 Å². The van der Waals surface area contributed by atoms with Crippen LogP contribution < -0.4 is 0 Å². The zero-order valence-corrected chi connectivity index (χ0v) is 19.2. The van der Waals surface area contributed by atoms with Crippen molar-refractivity contribution in [2.75, 3.05) is 0 Å². The molecule has 0 unspecified atom stereocenters. The molecule has 0 amide bonds. The Morgan fingerprint density at radius 2 is 0.786 bits per heavy atom. The number of hydrogen-bond donors (Lipinski definition) is 0. The Labute approximate surface area is 179 Å². The van der Waals surface area contributed by atoms with Crippen LogP contribution in [0.1, 0.15) is 142 Å². The molecule has 0 bridgehead atoms. The molecular formula is C28H50. The number of unbranched alkanes of at least 4 members (excludes halogenated alkanes) is 20. The van der Waals surface area contributed by atoms with Gasteiger partial charge < -0.3 is 0 Å². The second kappa shape index (κ2) is 26.2. The van der Waals surface area contributed by atoms with Gasteiger partial charge in [-0.1, -0.05) is 159 Å². The molecule has 0 saturated carbocycles. The van der Waals surface area contributed by atoms with Crippen LogP contribution in [0.4, 0.5) is 0 Å². The molecule has 0 N–H and O–H groups in total. The zero-order chi connectivity index (χ0) is 20.4. The van der Waals surface area contributed by atoms with Gasteiger partial charge >= 0.3 is 0 Å². The van der Waals surface area contributed by atoms with Gasteiger partial charge in [0, 0.05) is 0 Å². The van der Waals surface area contributed by atoms with Crippen LogP contribution in [0.2, 0.25) is 0 Å². The zero-order valence-electron chi connectivity index (χ0n) is 19.2. The second-order valence-electron chi connectivity index (χ2n) is 8.49. The van der Waals surface area contributed by atoms with Crippen molar-refractivity contribution >= 4 is 0 Å². The molecule has 0 saturated heterocycles. The van der Waals surface area contributed by atoms with E-state index in [1.807, 2.05) is 6.08 Å². The fourth-order valence-electron chi connectivity index (χ4n) is 3.81. The predicted molar refractivity (Wildman–Crippen MR) is 129 cm³/mol. The van der Waals surface area contributed by atoms with Gasteiger partial charge in [-0.2, -0.15) is 0 Å². The topological polar surface area (TPSA) is 0 Å². The summed E-state index contributed by atoms with van der Waals surface area (Å²) >= 11 is 0. The monoisotopic (exact) mass is 386 g/mol. The molecular weight excluding hydrogens is 336 g/mol. The van der Waals surface area contributed by atoms with Crippen molar-refractivity contribution in [1.82, 2.24) is 0 Å². The molecule has 0 aliphatic heterocycles. The Morgan fingerprint density at radius 1 is 0.429 bits per heavy atom. The minimum Gasteiger partial charge on any atom is -0.0845 e. The summed E-state index contributed by atoms with van der Waals surface area (Å²) in [5.74, 6) is 0. The van der Waals surface area contributed by atoms with Crippen LogP contribution in [0.5, 0.6) is 0 Å². The molecule has 162 valence electrons. The first-order valence-electron chi connectivity index (χ1n) is 12.7. The molecule has 0 aromatic carbocycles. The van der Waals surface area contributed by atoms with Gasteiger partial charge in [0.1, 0.15) is 0 Å². The standard InChI is InChI=1S/C28H50/c1-3-5-7-9-11-13-15-17-19-21-23-25-27-28-26-24-22-20-18-16-14-12-10-8-6-4-2/h4,6,8,10,12H,3,5,7,9,11,13-28H2,1H3. The summed E-state index contributed by atoms with van der Waals surface area (Å²) in [6.07, 6.45) is 39.3. The van der Waals surface area contributed by atoms with Crippen molar-refractivity contribution in [3.05, 3.63) is 37.0 Å². The first-order valence-corrected chi connectivity index (χ1v) is 12.7. The van der Waals surface area contributed by atoms with Gasteiger partial charge in [-0.15, -0.1) is 0 Å². The summed E-state index contributed by atoms with van der Waals surface area (Å²) in [6.45, 7) is 9.18. The lowest BCUT2D eigenvalue weighted by Gasteiger charge is -2.04. The van der Waals surface area contributed by atoms with E-state index in [1.54, 1.807) is 6.08 Å². The highest BCUT2D eigenvalue weighted by molar-refractivity contribution is 5.07. The van der Waals surface area contributed by atoms with Crippen molar-refractivity contribution < 1.29 is 0 Å². The number of allylic oxidation sites excluding steroid dienone is 5. The van der Waals surface area contributed by atoms with E-state index in [-0.39, 0.29) is 0 Å². The van der Waals surface area contributed by atoms with Crippen molar-refractivity contribution in [1.29, 1.82) is 0 Å². The Morgan fingerprint density at radius 3 is 1.14 bits per heavy atom. The third-order valence-corrected chi connectivity index (χ3v) is 5.68. The first-order chi connectivity index (χ1) is 13.9. The summed E-state index contributed by atoms with van der Waals surface area (Å²) < 4.78 is 0. The summed E-state index contributed by atoms with van der Waals surface area (Å²) in [4.78, 5) is 0. The average Bonchev–Trinajstić information content (AvgIpc) is 2.71. The normalized spacial score (nSPS) is 11.8. The highest BCUT2D eigenvalue weighted by Gasteiger charge is 1.95. The summed E-state index contributed by atoms with van der Waals surface area (Å²) in [5, 5.41) is 0. The molecule has 0 aromatic rings. The molecule has 0 heterocycles. The van der Waals surface area contributed by atoms with Crippen LogP contribution in [-0.4, -0.2) is 0 Å². The maximum atomic E-state index is 6.89. The second-order valence-corrected chi connectivity index (χ2v) is 8.49. The lowest BCUT2D eigenvalue weighted by atomic mass is 10.0. The van der Waals surface area contributed by atoms with E-state index in [9.17, 15) is 0 Å². The molecule has 28 heavy (non-hydrogen) atoms. The lowest BCUT2D eigenvalue weighted by Crippen LogP contribution is -1.84. The highest BCUT2D eigenvalue weighted by atomic mass is 14.0. The Kier molecular flexibility index (Phi) is 25.5. The van der Waals surface area contributed by atoms with Crippen molar-refractivity contribution in [3.63, 3.8) is 0 Å². The van der Waals surface area contributed by atoms with Crippen LogP contribution in [-0.2, 0) is 0 Å². The Balaban J connectivity index is 3.04. The largest absolute Gasteiger partial charge is 0.0845 e. The maximum Gasteiger partial charge on any atom is -0.00990 e. The van der Waals surface area contributed by atoms with E-state index in [4.69, 9.17) is 6.58 Å². The molecule has 0 aliphatic rings. The highest BCUT2D eigenvalue weighted by Crippen LogP contribution is 2.15. The molecule has 0 fully saturated rings. The maximum absolute atomic E-state index is 6.89. The molecule has 0 aliphatic carbocycles. The van der Waals surface area contributed by atoms with E-state index >= 15 is 0 Å². The SMILES string of the molecule is [C]=CC=CC=CCCCCCCCCCCCCCCCCCCCCCC. The summed E-state index contributed by atoms with van der Waals surface area (Å²) in [7, 11) is 0. The average molecular weight is 387 g/mol. The summed E-state index contributed by atoms with van der Waals surface area (Å²) in [6, 6.07) is 0. The number of hydrogen-bond acceptors (Lipinski definition) is 0. The summed E-state index contributed by atoms with van der Waals surface area (Å²) in [5.41, 5.74) is 0. The van der Waals surface area contributed by atoms with Crippen molar-refractivity contribution in [3.8, 4) is 0 Å². The van der Waals surface area contributed by atoms with E-state index in [0.717, 1.165) is 0 Å². The molecule has 0 nitrogen and oxygen atoms in total. The van der Waals surface area contributed by atoms with Crippen molar-refractivity contribution in [2.45, 2.75) is 142 Å². The van der Waals surface area contributed by atoms with Gasteiger partial charge in [0.05, 0.1) is 0 Å². The van der Waals surface area contributed by atoms with E-state index in [0.29, 0.717) is 0 Å². The third kappa shape index (κ3) is 25.2. The quantitative estimate of drug-likeness (QED) is 0.121. The Hall–Kier alpha value is -0.780. The predicted octanol–water partition coefficient (Wildman–Crippen LogP) is 10.2.